The summed E-state index contributed by atoms with van der Waals surface area (Å²) in [6.07, 6.45) is 11.8. The summed E-state index contributed by atoms with van der Waals surface area (Å²) in [6, 6.07) is 0. The minimum absolute atomic E-state index is 0.216. The van der Waals surface area contributed by atoms with Gasteiger partial charge in [-0.05, 0) is 26.2 Å². The molecule has 1 saturated heterocycles. The molecule has 0 aromatic carbocycles. The van der Waals surface area contributed by atoms with Crippen LogP contribution in [-0.4, -0.2) is 23.5 Å². The van der Waals surface area contributed by atoms with Gasteiger partial charge in [0.2, 0.25) is 5.92 Å². The Bertz CT molecular complexity index is 430. The van der Waals surface area contributed by atoms with Crippen LogP contribution in [0.5, 0.6) is 0 Å². The number of hydrogen-bond donors (Lipinski definition) is 0. The fourth-order valence-electron chi connectivity index (χ4n) is 2.56. The van der Waals surface area contributed by atoms with E-state index >= 15 is 0 Å². The fourth-order valence-corrected chi connectivity index (χ4v) is 2.56. The molecule has 0 aliphatic carbocycles. The second-order valence-electron chi connectivity index (χ2n) is 6.37. The first kappa shape index (κ1) is 19.4. The number of rotatable bonds is 10. The molecule has 0 aromatic heterocycles. The summed E-state index contributed by atoms with van der Waals surface area (Å²) in [5.74, 6) is -4.66. The largest absolute Gasteiger partial charge is 0.422 e. The Hall–Kier alpha value is -1.65. The molecule has 0 aromatic rings. The lowest BCUT2D eigenvalue weighted by molar-refractivity contribution is -0.238. The molecule has 0 atom stereocenters. The van der Waals surface area contributed by atoms with E-state index in [1.165, 1.54) is 26.7 Å². The van der Waals surface area contributed by atoms with Crippen LogP contribution < -0.4 is 0 Å². The number of hydrogen-bond acceptors (Lipinski definition) is 5. The number of ether oxygens (including phenoxy) is 2. The van der Waals surface area contributed by atoms with Crippen molar-refractivity contribution >= 4 is 17.7 Å². The lowest BCUT2D eigenvalue weighted by Crippen LogP contribution is -2.49. The van der Waals surface area contributed by atoms with E-state index in [2.05, 4.69) is 12.2 Å². The third-order valence-corrected chi connectivity index (χ3v) is 3.77. The standard InChI is InChI=1S/C18H28O5/c1-4-5-6-7-8-9-10-11-12-13-14(19)15-16(20)22-18(2,3)23-17(15)21/h4-5,15H,6-13H2,1-3H3/b5-4+. The number of esters is 2. The molecule has 1 rings (SSSR count). The molecular formula is C18H28O5. The molecule has 0 spiro atoms. The van der Waals surface area contributed by atoms with E-state index < -0.39 is 29.4 Å². The molecule has 5 heteroatoms. The summed E-state index contributed by atoms with van der Waals surface area (Å²) >= 11 is 0. The van der Waals surface area contributed by atoms with E-state index in [1.807, 2.05) is 6.92 Å². The zero-order chi connectivity index (χ0) is 17.3. The third-order valence-electron chi connectivity index (χ3n) is 3.77. The summed E-state index contributed by atoms with van der Waals surface area (Å²) in [5.41, 5.74) is 0. The number of cyclic esters (lactones) is 2. The van der Waals surface area contributed by atoms with Crippen LogP contribution in [0.4, 0.5) is 0 Å². The first-order chi connectivity index (χ1) is 10.9. The van der Waals surface area contributed by atoms with Crippen LogP contribution in [0.3, 0.4) is 0 Å². The van der Waals surface area contributed by atoms with E-state index in [9.17, 15) is 14.4 Å². The van der Waals surface area contributed by atoms with E-state index in [-0.39, 0.29) is 6.42 Å². The number of carbonyl (C=O) groups excluding carboxylic acids is 3. The smallest absolute Gasteiger partial charge is 0.331 e. The van der Waals surface area contributed by atoms with Crippen molar-refractivity contribution in [1.82, 2.24) is 0 Å². The molecule has 1 fully saturated rings. The molecule has 1 aliphatic heterocycles. The highest BCUT2D eigenvalue weighted by molar-refractivity contribution is 6.15. The maximum absolute atomic E-state index is 12.0. The SMILES string of the molecule is C/C=C/CCCCCCCCC(=O)C1C(=O)OC(C)(C)OC1=O. The first-order valence-electron chi connectivity index (χ1n) is 8.47. The number of unbranched alkanes of at least 4 members (excludes halogenated alkanes) is 6. The van der Waals surface area contributed by atoms with Gasteiger partial charge in [0.1, 0.15) is 0 Å². The van der Waals surface area contributed by atoms with Gasteiger partial charge in [-0.2, -0.15) is 0 Å². The molecule has 0 radical (unpaired) electrons. The molecule has 0 N–H and O–H groups in total. The summed E-state index contributed by atoms with van der Waals surface area (Å²) in [5, 5.41) is 0. The first-order valence-corrected chi connectivity index (χ1v) is 8.47. The Balaban J connectivity index is 2.19. The molecular weight excluding hydrogens is 296 g/mol. The van der Waals surface area contributed by atoms with Gasteiger partial charge in [0.05, 0.1) is 0 Å². The van der Waals surface area contributed by atoms with Crippen molar-refractivity contribution in [3.63, 3.8) is 0 Å². The summed E-state index contributed by atoms with van der Waals surface area (Å²) < 4.78 is 9.92. The molecule has 0 unspecified atom stereocenters. The maximum Gasteiger partial charge on any atom is 0.331 e. The van der Waals surface area contributed by atoms with Gasteiger partial charge in [-0.25, -0.2) is 0 Å². The van der Waals surface area contributed by atoms with Gasteiger partial charge in [-0.1, -0.05) is 37.8 Å². The van der Waals surface area contributed by atoms with Crippen molar-refractivity contribution in [1.29, 1.82) is 0 Å². The number of allylic oxidation sites excluding steroid dienone is 2. The number of carbonyl (C=O) groups is 3. The topological polar surface area (TPSA) is 69.7 Å². The third kappa shape index (κ3) is 6.97. The van der Waals surface area contributed by atoms with Gasteiger partial charge >= 0.3 is 11.9 Å². The monoisotopic (exact) mass is 324 g/mol. The number of ketones is 1. The predicted molar refractivity (Wildman–Crippen MR) is 86.5 cm³/mol. The molecule has 1 heterocycles. The zero-order valence-electron chi connectivity index (χ0n) is 14.4. The average Bonchev–Trinajstić information content (AvgIpc) is 2.43. The van der Waals surface area contributed by atoms with Crippen LogP contribution in [0.15, 0.2) is 12.2 Å². The Morgan fingerprint density at radius 1 is 1.00 bits per heavy atom. The Morgan fingerprint density at radius 3 is 2.09 bits per heavy atom. The van der Waals surface area contributed by atoms with Gasteiger partial charge in [0.25, 0.3) is 5.79 Å². The van der Waals surface area contributed by atoms with Crippen molar-refractivity contribution in [3.8, 4) is 0 Å². The van der Waals surface area contributed by atoms with Gasteiger partial charge in [-0.3, -0.25) is 14.4 Å². The lowest BCUT2D eigenvalue weighted by Gasteiger charge is -2.32. The second kappa shape index (κ2) is 9.48. The van der Waals surface area contributed by atoms with Crippen molar-refractivity contribution in [2.24, 2.45) is 5.92 Å². The normalized spacial score (nSPS) is 18.0. The highest BCUT2D eigenvalue weighted by Gasteiger charge is 2.46. The average molecular weight is 324 g/mol. The molecule has 1 aliphatic rings. The maximum atomic E-state index is 12.0. The minimum Gasteiger partial charge on any atom is -0.422 e. The summed E-state index contributed by atoms with van der Waals surface area (Å²) in [4.78, 5) is 35.6. The molecule has 5 nitrogen and oxygen atoms in total. The summed E-state index contributed by atoms with van der Waals surface area (Å²) in [6.45, 7) is 4.97. The van der Waals surface area contributed by atoms with Gasteiger partial charge in [0.15, 0.2) is 5.78 Å². The van der Waals surface area contributed by atoms with E-state index in [0.29, 0.717) is 6.42 Å². The Kier molecular flexibility index (Phi) is 8.00. The van der Waals surface area contributed by atoms with Crippen LogP contribution in [0.1, 0.15) is 72.1 Å². The molecule has 130 valence electrons. The zero-order valence-corrected chi connectivity index (χ0v) is 14.4. The van der Waals surface area contributed by atoms with Crippen molar-refractivity contribution in [3.05, 3.63) is 12.2 Å². The Morgan fingerprint density at radius 2 is 1.52 bits per heavy atom. The molecule has 0 saturated carbocycles. The van der Waals surface area contributed by atoms with Crippen molar-refractivity contribution < 1.29 is 23.9 Å². The lowest BCUT2D eigenvalue weighted by atomic mass is 9.97. The second-order valence-corrected chi connectivity index (χ2v) is 6.37. The van der Waals surface area contributed by atoms with Crippen LogP contribution in [-0.2, 0) is 23.9 Å². The van der Waals surface area contributed by atoms with Crippen LogP contribution in [0.2, 0.25) is 0 Å². The quantitative estimate of drug-likeness (QED) is 0.265. The van der Waals surface area contributed by atoms with Gasteiger partial charge < -0.3 is 9.47 Å². The minimum atomic E-state index is -1.40. The fraction of sp³-hybridized carbons (Fsp3) is 0.722. The van der Waals surface area contributed by atoms with E-state index in [4.69, 9.17) is 9.47 Å². The van der Waals surface area contributed by atoms with Crippen LogP contribution in [0.25, 0.3) is 0 Å². The Labute approximate surface area is 138 Å². The highest BCUT2D eigenvalue weighted by Crippen LogP contribution is 2.24. The number of Topliss-reactive ketones (excluding diaryl/α,β-unsaturated/α-hetero) is 1. The van der Waals surface area contributed by atoms with Crippen molar-refractivity contribution in [2.75, 3.05) is 0 Å². The predicted octanol–water partition coefficient (Wildman–Crippen LogP) is 3.70. The van der Waals surface area contributed by atoms with E-state index in [1.54, 1.807) is 0 Å². The highest BCUT2D eigenvalue weighted by atomic mass is 16.7. The molecule has 0 amide bonds. The summed E-state index contributed by atoms with van der Waals surface area (Å²) in [7, 11) is 0. The van der Waals surface area contributed by atoms with Crippen LogP contribution >= 0.6 is 0 Å². The van der Waals surface area contributed by atoms with E-state index in [0.717, 1.165) is 25.7 Å². The molecule has 0 bridgehead atoms. The van der Waals surface area contributed by atoms with Crippen LogP contribution in [0, 0.1) is 5.92 Å². The van der Waals surface area contributed by atoms with Gasteiger partial charge in [0, 0.05) is 20.3 Å². The van der Waals surface area contributed by atoms with Gasteiger partial charge in [-0.15, -0.1) is 0 Å². The molecule has 23 heavy (non-hydrogen) atoms. The van der Waals surface area contributed by atoms with Crippen molar-refractivity contribution in [2.45, 2.75) is 77.9 Å².